The molecule has 4 rings (SSSR count). The van der Waals surface area contributed by atoms with Gasteiger partial charge in [-0.2, -0.15) is 0 Å². The Bertz CT molecular complexity index is 982. The van der Waals surface area contributed by atoms with Gasteiger partial charge in [-0.05, 0) is 118 Å². The summed E-state index contributed by atoms with van der Waals surface area (Å²) in [7, 11) is 1.43. The smallest absolute Gasteiger partial charge is 0.408 e. The number of nitrogens with one attached hydrogen (secondary N) is 2. The van der Waals surface area contributed by atoms with Gasteiger partial charge in [0.05, 0.1) is 19.3 Å². The van der Waals surface area contributed by atoms with Gasteiger partial charge in [-0.1, -0.05) is 20.8 Å². The van der Waals surface area contributed by atoms with Crippen LogP contribution in [0.25, 0.3) is 0 Å². The van der Waals surface area contributed by atoms with Crippen molar-refractivity contribution < 1.29 is 34.1 Å². The van der Waals surface area contributed by atoms with Crippen LogP contribution in [-0.4, -0.2) is 65.7 Å². The zero-order valence-corrected chi connectivity index (χ0v) is 26.2. The van der Waals surface area contributed by atoms with Crippen molar-refractivity contribution in [3.8, 4) is 0 Å². The summed E-state index contributed by atoms with van der Waals surface area (Å²) >= 11 is 0. The van der Waals surface area contributed by atoms with Gasteiger partial charge < -0.3 is 30.3 Å². The van der Waals surface area contributed by atoms with E-state index in [2.05, 4.69) is 31.4 Å². The van der Waals surface area contributed by atoms with Gasteiger partial charge in [-0.25, -0.2) is 4.79 Å². The molecular formula is C32H54N2O7. The first-order valence-corrected chi connectivity index (χ1v) is 15.8. The van der Waals surface area contributed by atoms with Crippen LogP contribution in [0.5, 0.6) is 0 Å². The highest BCUT2D eigenvalue weighted by atomic mass is 16.6. The average Bonchev–Trinajstić information content (AvgIpc) is 3.24. The molecule has 0 aromatic carbocycles. The fourth-order valence-electron chi connectivity index (χ4n) is 9.68. The number of hydrogen-bond acceptors (Lipinski definition) is 7. The molecule has 41 heavy (non-hydrogen) atoms. The quantitative estimate of drug-likeness (QED) is 0.333. The number of fused-ring (bicyclic) bond motifs is 5. The second-order valence-corrected chi connectivity index (χ2v) is 15.1. The molecule has 0 spiro atoms. The highest BCUT2D eigenvalue weighted by Crippen LogP contribution is 2.68. The number of carbonyl (C=O) groups excluding carboxylic acids is 3. The fourth-order valence-corrected chi connectivity index (χ4v) is 9.68. The molecule has 0 aromatic heterocycles. The molecule has 2 amide bonds. The Hall–Kier alpha value is -1.87. The van der Waals surface area contributed by atoms with Gasteiger partial charge in [-0.15, -0.1) is 0 Å². The Morgan fingerprint density at radius 2 is 1.73 bits per heavy atom. The molecular weight excluding hydrogens is 524 g/mol. The molecule has 0 saturated heterocycles. The van der Waals surface area contributed by atoms with Crippen LogP contribution in [0, 0.1) is 46.3 Å². The number of rotatable bonds is 7. The van der Waals surface area contributed by atoms with E-state index in [1.807, 2.05) is 0 Å². The SMILES string of the molecule is COC(=O)CC[C@@H](C)[C@H]1CC[C@H]2[C@@H]3[C@H](O)C[C@@H]4C[C@@H](NC(=O)CNC(=O)OC(C)(C)C)CC[C@]4(C)[C@H]3C[C@H](O)[C@]12C. The second kappa shape index (κ2) is 12.0. The maximum atomic E-state index is 12.6. The first kappa shape index (κ1) is 32.1. The van der Waals surface area contributed by atoms with E-state index in [1.54, 1.807) is 20.8 Å². The standard InChI is InChI=1S/C32H54N2O7/c1-18(8-11-27(38)40-7)21-9-10-22-28-23(16-25(36)32(21,22)6)31(5)13-12-20(14-19(31)15-24(28)35)34-26(37)17-33-29(39)41-30(2,3)4/h18-25,28,35-36H,8-17H2,1-7H3,(H,33,39)(H,34,37)/t18-,19+,20+,21-,22+,23+,24-,25+,28+,31+,32-/m1/s1. The van der Waals surface area contributed by atoms with E-state index in [1.165, 1.54) is 7.11 Å². The van der Waals surface area contributed by atoms with Crippen LogP contribution in [0.4, 0.5) is 4.79 Å². The maximum Gasteiger partial charge on any atom is 0.408 e. The van der Waals surface area contributed by atoms with Crippen LogP contribution >= 0.6 is 0 Å². The lowest BCUT2D eigenvalue weighted by atomic mass is 9.43. The van der Waals surface area contributed by atoms with Crippen LogP contribution in [0.15, 0.2) is 0 Å². The first-order chi connectivity index (χ1) is 19.1. The van der Waals surface area contributed by atoms with E-state index < -0.39 is 23.9 Å². The van der Waals surface area contributed by atoms with Crippen molar-refractivity contribution in [2.45, 2.75) is 123 Å². The van der Waals surface area contributed by atoms with Crippen molar-refractivity contribution in [3.63, 3.8) is 0 Å². The Balaban J connectivity index is 1.40. The highest BCUT2D eigenvalue weighted by Gasteiger charge is 2.65. The van der Waals surface area contributed by atoms with Gasteiger partial charge in [0.1, 0.15) is 12.1 Å². The first-order valence-electron chi connectivity index (χ1n) is 15.8. The zero-order chi connectivity index (χ0) is 30.3. The largest absolute Gasteiger partial charge is 0.469 e. The molecule has 4 fully saturated rings. The van der Waals surface area contributed by atoms with Crippen molar-refractivity contribution in [2.75, 3.05) is 13.7 Å². The van der Waals surface area contributed by atoms with Gasteiger partial charge in [0.2, 0.25) is 5.91 Å². The summed E-state index contributed by atoms with van der Waals surface area (Å²) in [6.45, 7) is 12.0. The molecule has 0 aliphatic heterocycles. The molecule has 4 saturated carbocycles. The van der Waals surface area contributed by atoms with Crippen molar-refractivity contribution in [1.82, 2.24) is 10.6 Å². The van der Waals surface area contributed by atoms with Crippen LogP contribution in [-0.2, 0) is 19.1 Å². The summed E-state index contributed by atoms with van der Waals surface area (Å²) in [6.07, 6.45) is 5.66. The molecule has 0 radical (unpaired) electrons. The van der Waals surface area contributed by atoms with E-state index >= 15 is 0 Å². The minimum absolute atomic E-state index is 0.00319. The molecule has 4 aliphatic rings. The molecule has 11 atom stereocenters. The number of ether oxygens (including phenoxy) is 2. The minimum atomic E-state index is -0.625. The zero-order valence-electron chi connectivity index (χ0n) is 26.2. The predicted molar refractivity (Wildman–Crippen MR) is 155 cm³/mol. The third-order valence-electron chi connectivity index (χ3n) is 11.7. The number of esters is 1. The van der Waals surface area contributed by atoms with Crippen LogP contribution in [0.3, 0.4) is 0 Å². The molecule has 0 bridgehead atoms. The predicted octanol–water partition coefficient (Wildman–Crippen LogP) is 4.19. The van der Waals surface area contributed by atoms with E-state index in [0.29, 0.717) is 31.1 Å². The van der Waals surface area contributed by atoms with Gasteiger partial charge in [0.15, 0.2) is 0 Å². The van der Waals surface area contributed by atoms with Crippen molar-refractivity contribution >= 4 is 18.0 Å². The summed E-state index contributed by atoms with van der Waals surface area (Å²) < 4.78 is 10.1. The van der Waals surface area contributed by atoms with Gasteiger partial charge in [0.25, 0.3) is 0 Å². The monoisotopic (exact) mass is 578 g/mol. The molecule has 9 nitrogen and oxygen atoms in total. The molecule has 4 aliphatic carbocycles. The molecule has 0 unspecified atom stereocenters. The van der Waals surface area contributed by atoms with Gasteiger partial charge in [-0.3, -0.25) is 9.59 Å². The third kappa shape index (κ3) is 6.41. The maximum absolute atomic E-state index is 12.6. The Morgan fingerprint density at radius 3 is 2.39 bits per heavy atom. The summed E-state index contributed by atoms with van der Waals surface area (Å²) in [5.41, 5.74) is -0.898. The normalized spacial score (nSPS) is 40.8. The van der Waals surface area contributed by atoms with Crippen molar-refractivity contribution in [3.05, 3.63) is 0 Å². The third-order valence-corrected chi connectivity index (χ3v) is 11.7. The topological polar surface area (TPSA) is 134 Å². The number of aliphatic hydroxyl groups is 2. The van der Waals surface area contributed by atoms with E-state index in [0.717, 1.165) is 38.5 Å². The molecule has 0 heterocycles. The number of amides is 2. The number of methoxy groups -OCH3 is 1. The van der Waals surface area contributed by atoms with Gasteiger partial charge >= 0.3 is 12.1 Å². The Labute approximate surface area is 245 Å². The van der Waals surface area contributed by atoms with Gasteiger partial charge in [0, 0.05) is 12.5 Å². The summed E-state index contributed by atoms with van der Waals surface area (Å²) in [4.78, 5) is 36.3. The summed E-state index contributed by atoms with van der Waals surface area (Å²) in [5, 5.41) is 29.1. The van der Waals surface area contributed by atoms with Crippen molar-refractivity contribution in [1.29, 1.82) is 0 Å². The van der Waals surface area contributed by atoms with Crippen molar-refractivity contribution in [2.24, 2.45) is 46.3 Å². The molecule has 234 valence electrons. The molecule has 0 aromatic rings. The summed E-state index contributed by atoms with van der Waals surface area (Å²) in [5.74, 6) is 1.09. The van der Waals surface area contributed by atoms with E-state index in [9.17, 15) is 24.6 Å². The number of hydrogen-bond donors (Lipinski definition) is 4. The van der Waals surface area contributed by atoms with Crippen LogP contribution in [0.1, 0.15) is 99.3 Å². The molecule has 4 N–H and O–H groups in total. The van der Waals surface area contributed by atoms with E-state index in [4.69, 9.17) is 9.47 Å². The number of carbonyl (C=O) groups is 3. The number of alkyl carbamates (subject to hydrolysis) is 1. The highest BCUT2D eigenvalue weighted by molar-refractivity contribution is 5.82. The second-order valence-electron chi connectivity index (χ2n) is 15.1. The molecule has 9 heteroatoms. The van der Waals surface area contributed by atoms with Crippen LogP contribution in [0.2, 0.25) is 0 Å². The van der Waals surface area contributed by atoms with Crippen LogP contribution < -0.4 is 10.6 Å². The fraction of sp³-hybridized carbons (Fsp3) is 0.906. The minimum Gasteiger partial charge on any atom is -0.469 e. The Morgan fingerprint density at radius 1 is 1.02 bits per heavy atom. The summed E-state index contributed by atoms with van der Waals surface area (Å²) in [6, 6.07) is -0.00457. The average molecular weight is 579 g/mol. The lowest BCUT2D eigenvalue weighted by molar-refractivity contribution is -0.202. The Kier molecular flexibility index (Phi) is 9.40. The lowest BCUT2D eigenvalue weighted by Gasteiger charge is -2.63. The number of aliphatic hydroxyl groups excluding tert-OH is 2. The van der Waals surface area contributed by atoms with E-state index in [-0.39, 0.29) is 59.0 Å². The lowest BCUT2D eigenvalue weighted by Crippen LogP contribution is -2.63.